The van der Waals surface area contributed by atoms with Crippen LogP contribution < -0.4 is 0 Å². The van der Waals surface area contributed by atoms with Crippen LogP contribution in [0.4, 0.5) is 0 Å². The normalized spacial score (nSPS) is 12.6. The zero-order valence-electron chi connectivity index (χ0n) is 14.7. The van der Waals surface area contributed by atoms with Crippen LogP contribution in [0.5, 0.6) is 0 Å². The van der Waals surface area contributed by atoms with Gasteiger partial charge < -0.3 is 9.16 Å². The summed E-state index contributed by atoms with van der Waals surface area (Å²) in [6.07, 6.45) is 0. The molecule has 0 radical (unpaired) electrons. The largest absolute Gasteiger partial charge is 0.465 e. The van der Waals surface area contributed by atoms with Gasteiger partial charge in [0.1, 0.15) is 5.52 Å². The third-order valence-corrected chi connectivity index (χ3v) is 9.05. The minimum absolute atomic E-state index is 0.187. The third kappa shape index (κ3) is 3.79. The van der Waals surface area contributed by atoms with Crippen LogP contribution in [0.15, 0.2) is 18.2 Å². The van der Waals surface area contributed by atoms with Gasteiger partial charge in [0.15, 0.2) is 8.32 Å². The minimum Gasteiger partial charge on any atom is -0.465 e. The fourth-order valence-corrected chi connectivity index (χ4v) is 3.02. The number of nitrogens with zero attached hydrogens (tertiary/aromatic N) is 3. The molecule has 0 atom stereocenters. The number of fused-ring (bicyclic) bond motifs is 1. The van der Waals surface area contributed by atoms with E-state index in [1.165, 1.54) is 7.11 Å². The molecule has 0 aliphatic carbocycles. The van der Waals surface area contributed by atoms with Crippen molar-refractivity contribution >= 4 is 25.3 Å². The molecule has 0 saturated heterocycles. The lowest BCUT2D eigenvalue weighted by atomic mass is 10.2. The fraction of sp³-hybridized carbons (Fsp3) is 0.562. The number of hydrogen-bond acceptors (Lipinski definition) is 5. The number of benzene rings is 1. The van der Waals surface area contributed by atoms with Gasteiger partial charge in [-0.25, -0.2) is 9.48 Å². The maximum Gasteiger partial charge on any atom is 0.337 e. The van der Waals surface area contributed by atoms with Crippen molar-refractivity contribution in [1.82, 2.24) is 15.0 Å². The van der Waals surface area contributed by atoms with Crippen LogP contribution in [0.25, 0.3) is 11.0 Å². The molecule has 126 valence electrons. The zero-order valence-corrected chi connectivity index (χ0v) is 15.7. The lowest BCUT2D eigenvalue weighted by Crippen LogP contribution is -2.41. The molecule has 0 spiro atoms. The van der Waals surface area contributed by atoms with E-state index in [1.807, 2.05) is 10.7 Å². The molecule has 1 aromatic carbocycles. The van der Waals surface area contributed by atoms with E-state index in [2.05, 4.69) is 44.2 Å². The quantitative estimate of drug-likeness (QED) is 0.620. The van der Waals surface area contributed by atoms with Gasteiger partial charge in [0.25, 0.3) is 0 Å². The first-order valence-corrected chi connectivity index (χ1v) is 10.6. The Morgan fingerprint density at radius 2 is 2.00 bits per heavy atom. The smallest absolute Gasteiger partial charge is 0.337 e. The Labute approximate surface area is 137 Å². The van der Waals surface area contributed by atoms with Crippen LogP contribution in [0.2, 0.25) is 18.1 Å². The summed E-state index contributed by atoms with van der Waals surface area (Å²) in [4.78, 5) is 11.5. The van der Waals surface area contributed by atoms with E-state index in [0.29, 0.717) is 24.2 Å². The summed E-state index contributed by atoms with van der Waals surface area (Å²) in [7, 11) is -0.395. The number of rotatable bonds is 5. The van der Waals surface area contributed by atoms with Crippen molar-refractivity contribution in [3.63, 3.8) is 0 Å². The average molecular weight is 335 g/mol. The standard InChI is InChI=1S/C16H25N3O3Si/c1-16(2,3)23(5,6)22-10-9-19-14-8-7-12(15(20)21-4)11-13(14)17-18-19/h7-8,11H,9-10H2,1-6H3. The van der Waals surface area contributed by atoms with Gasteiger partial charge in [0.05, 0.1) is 31.3 Å². The summed E-state index contributed by atoms with van der Waals surface area (Å²) in [5, 5.41) is 8.46. The highest BCUT2D eigenvalue weighted by atomic mass is 28.4. The molecular formula is C16H25N3O3Si. The van der Waals surface area contributed by atoms with Crippen molar-refractivity contribution in [2.24, 2.45) is 0 Å². The second-order valence-corrected chi connectivity index (χ2v) is 11.9. The van der Waals surface area contributed by atoms with Crippen molar-refractivity contribution in [1.29, 1.82) is 0 Å². The van der Waals surface area contributed by atoms with Crippen LogP contribution in [0, 0.1) is 0 Å². The first-order chi connectivity index (χ1) is 10.7. The van der Waals surface area contributed by atoms with Crippen molar-refractivity contribution in [3.8, 4) is 0 Å². The number of carbonyl (C=O) groups excluding carboxylic acids is 1. The predicted octanol–water partition coefficient (Wildman–Crippen LogP) is 3.24. The average Bonchev–Trinajstić information content (AvgIpc) is 2.87. The van der Waals surface area contributed by atoms with Gasteiger partial charge in [0, 0.05) is 0 Å². The molecule has 1 aromatic heterocycles. The number of methoxy groups -OCH3 is 1. The van der Waals surface area contributed by atoms with Crippen molar-refractivity contribution in [2.45, 2.75) is 45.4 Å². The lowest BCUT2D eigenvalue weighted by molar-refractivity contribution is 0.0601. The second-order valence-electron chi connectivity index (χ2n) is 7.12. The molecule has 0 fully saturated rings. The molecule has 0 N–H and O–H groups in total. The molecule has 0 bridgehead atoms. The Morgan fingerprint density at radius 3 is 2.61 bits per heavy atom. The van der Waals surface area contributed by atoms with E-state index in [0.717, 1.165) is 5.52 Å². The second kappa shape index (κ2) is 6.41. The monoisotopic (exact) mass is 335 g/mol. The van der Waals surface area contributed by atoms with Crippen molar-refractivity contribution in [3.05, 3.63) is 23.8 Å². The van der Waals surface area contributed by atoms with E-state index in [1.54, 1.807) is 12.1 Å². The van der Waals surface area contributed by atoms with Gasteiger partial charge in [-0.15, -0.1) is 5.10 Å². The van der Waals surface area contributed by atoms with Crippen LogP contribution in [0.3, 0.4) is 0 Å². The van der Waals surface area contributed by atoms with Gasteiger partial charge >= 0.3 is 5.97 Å². The Hall–Kier alpha value is -1.73. The van der Waals surface area contributed by atoms with Gasteiger partial charge in [0.2, 0.25) is 0 Å². The van der Waals surface area contributed by atoms with E-state index >= 15 is 0 Å². The Balaban J connectivity index is 2.09. The topological polar surface area (TPSA) is 66.2 Å². The van der Waals surface area contributed by atoms with Crippen molar-refractivity contribution in [2.75, 3.05) is 13.7 Å². The van der Waals surface area contributed by atoms with Crippen LogP contribution in [-0.2, 0) is 15.7 Å². The third-order valence-electron chi connectivity index (χ3n) is 4.51. The molecule has 23 heavy (non-hydrogen) atoms. The van der Waals surface area contributed by atoms with Gasteiger partial charge in [-0.05, 0) is 36.3 Å². The molecular weight excluding hydrogens is 310 g/mol. The maximum atomic E-state index is 11.5. The summed E-state index contributed by atoms with van der Waals surface area (Å²) in [5.74, 6) is -0.372. The molecule has 1 heterocycles. The molecule has 7 heteroatoms. The minimum atomic E-state index is -1.76. The summed E-state index contributed by atoms with van der Waals surface area (Å²) < 4.78 is 12.7. The molecule has 0 aliphatic heterocycles. The molecule has 0 aliphatic rings. The molecule has 0 saturated carbocycles. The van der Waals surface area contributed by atoms with Gasteiger partial charge in [-0.3, -0.25) is 0 Å². The molecule has 0 amide bonds. The summed E-state index contributed by atoms with van der Waals surface area (Å²) >= 11 is 0. The predicted molar refractivity (Wildman–Crippen MR) is 92.0 cm³/mol. The summed E-state index contributed by atoms with van der Waals surface area (Å²) in [6.45, 7) is 12.4. The zero-order chi connectivity index (χ0) is 17.3. The number of hydrogen-bond donors (Lipinski definition) is 0. The highest BCUT2D eigenvalue weighted by Crippen LogP contribution is 2.36. The van der Waals surface area contributed by atoms with E-state index in [9.17, 15) is 4.79 Å². The number of ether oxygens (including phenoxy) is 1. The van der Waals surface area contributed by atoms with Gasteiger partial charge in [-0.1, -0.05) is 26.0 Å². The first-order valence-electron chi connectivity index (χ1n) is 7.71. The van der Waals surface area contributed by atoms with E-state index < -0.39 is 8.32 Å². The maximum absolute atomic E-state index is 11.5. The lowest BCUT2D eigenvalue weighted by Gasteiger charge is -2.36. The summed E-state index contributed by atoms with van der Waals surface area (Å²) in [6, 6.07) is 5.26. The molecule has 0 unspecified atom stereocenters. The SMILES string of the molecule is COC(=O)c1ccc2c(c1)nnn2CCO[Si](C)(C)C(C)(C)C. The van der Waals surface area contributed by atoms with Crippen LogP contribution >= 0.6 is 0 Å². The Morgan fingerprint density at radius 1 is 1.30 bits per heavy atom. The van der Waals surface area contributed by atoms with Crippen LogP contribution in [-0.4, -0.2) is 43.0 Å². The highest BCUT2D eigenvalue weighted by Gasteiger charge is 2.36. The van der Waals surface area contributed by atoms with E-state index in [-0.39, 0.29) is 11.0 Å². The Bertz CT molecular complexity index is 704. The highest BCUT2D eigenvalue weighted by molar-refractivity contribution is 6.74. The fourth-order valence-electron chi connectivity index (χ4n) is 1.99. The van der Waals surface area contributed by atoms with Crippen LogP contribution in [0.1, 0.15) is 31.1 Å². The van der Waals surface area contributed by atoms with Crippen molar-refractivity contribution < 1.29 is 14.0 Å². The first kappa shape index (κ1) is 17.6. The number of carbonyl (C=O) groups is 1. The molecule has 6 nitrogen and oxygen atoms in total. The van der Waals surface area contributed by atoms with Gasteiger partial charge in [-0.2, -0.15) is 0 Å². The summed E-state index contributed by atoms with van der Waals surface area (Å²) in [5.41, 5.74) is 2.04. The number of aromatic nitrogens is 3. The van der Waals surface area contributed by atoms with E-state index in [4.69, 9.17) is 9.16 Å². The molecule has 2 aromatic rings. The Kier molecular flexibility index (Phi) is 4.91. The molecule has 2 rings (SSSR count). The number of esters is 1.